The van der Waals surface area contributed by atoms with Gasteiger partial charge in [-0.1, -0.05) is 0 Å². The van der Waals surface area contributed by atoms with Gasteiger partial charge in [-0.3, -0.25) is 9.78 Å². The quantitative estimate of drug-likeness (QED) is 0.273. The van der Waals surface area contributed by atoms with Crippen molar-refractivity contribution in [2.24, 2.45) is 0 Å². The molecule has 0 spiro atoms. The topological polar surface area (TPSA) is 57.0 Å². The Bertz CT molecular complexity index is 1280. The van der Waals surface area contributed by atoms with Gasteiger partial charge >= 0.3 is 6.18 Å². The summed E-state index contributed by atoms with van der Waals surface area (Å²) in [6, 6.07) is 15.0. The van der Waals surface area contributed by atoms with E-state index in [1.54, 1.807) is 62.1 Å². The number of rotatable bonds is 6. The van der Waals surface area contributed by atoms with Crippen LogP contribution in [0.15, 0.2) is 85.3 Å². The lowest BCUT2D eigenvalue weighted by molar-refractivity contribution is -0.137. The van der Waals surface area contributed by atoms with Gasteiger partial charge in [0.2, 0.25) is 0 Å². The molecule has 0 saturated carbocycles. The van der Waals surface area contributed by atoms with E-state index in [1.807, 2.05) is 6.07 Å². The third kappa shape index (κ3) is 5.01. The molecule has 2 aromatic heterocycles. The number of carbonyl (C=O) groups excluding carboxylic acids is 1. The maximum absolute atomic E-state index is 12.9. The van der Waals surface area contributed by atoms with E-state index in [2.05, 4.69) is 10.1 Å². The molecule has 0 atom stereocenters. The number of pyridine rings is 1. The summed E-state index contributed by atoms with van der Waals surface area (Å²) in [5, 5.41) is 4.53. The number of allylic oxidation sites excluding steroid dienone is 1. The smallest absolute Gasteiger partial charge is 0.416 e. The van der Waals surface area contributed by atoms with Crippen molar-refractivity contribution in [3.63, 3.8) is 0 Å². The summed E-state index contributed by atoms with van der Waals surface area (Å²) in [4.78, 5) is 16.7. The summed E-state index contributed by atoms with van der Waals surface area (Å²) < 4.78 is 45.3. The summed E-state index contributed by atoms with van der Waals surface area (Å²) in [6.45, 7) is 0. The fraction of sp³-hybridized carbons (Fsp3) is 0.0800. The van der Waals surface area contributed by atoms with Gasteiger partial charge in [0, 0.05) is 35.3 Å². The van der Waals surface area contributed by atoms with Crippen LogP contribution in [0.25, 0.3) is 23.0 Å². The maximum atomic E-state index is 12.9. The zero-order valence-electron chi connectivity index (χ0n) is 17.5. The van der Waals surface area contributed by atoms with Gasteiger partial charge in [-0.15, -0.1) is 0 Å². The van der Waals surface area contributed by atoms with E-state index in [9.17, 15) is 18.0 Å². The van der Waals surface area contributed by atoms with Crippen LogP contribution >= 0.6 is 0 Å². The number of hydrogen-bond acceptors (Lipinski definition) is 4. The molecule has 2 aromatic carbocycles. The number of carbonyl (C=O) groups is 1. The second-order valence-corrected chi connectivity index (χ2v) is 7.09. The molecular formula is C25H18F3N3O2. The standard InChI is InChI=1S/C25H18F3N3O2/c1-33-22-11-4-17(5-12-22)23(32)13-6-19-16-31(30-24(19)18-3-2-14-29-15-18)21-9-7-20(8-10-21)25(26,27)28/h2-16H,1H3. The minimum atomic E-state index is -4.42. The second kappa shape index (κ2) is 9.12. The van der Waals surface area contributed by atoms with Gasteiger partial charge < -0.3 is 4.74 Å². The summed E-state index contributed by atoms with van der Waals surface area (Å²) in [7, 11) is 1.55. The molecule has 0 aliphatic rings. The molecule has 0 aliphatic heterocycles. The van der Waals surface area contributed by atoms with Crippen molar-refractivity contribution in [1.82, 2.24) is 14.8 Å². The van der Waals surface area contributed by atoms with E-state index in [4.69, 9.17) is 4.74 Å². The normalized spacial score (nSPS) is 11.6. The molecule has 0 amide bonds. The van der Waals surface area contributed by atoms with Crippen LogP contribution in [0.1, 0.15) is 21.5 Å². The minimum Gasteiger partial charge on any atom is -0.497 e. The lowest BCUT2D eigenvalue weighted by Crippen LogP contribution is -2.05. The Labute approximate surface area is 187 Å². The first-order valence-corrected chi connectivity index (χ1v) is 9.89. The summed E-state index contributed by atoms with van der Waals surface area (Å²) in [6.07, 6.45) is 3.54. The van der Waals surface area contributed by atoms with E-state index in [1.165, 1.54) is 22.9 Å². The van der Waals surface area contributed by atoms with Crippen LogP contribution in [-0.4, -0.2) is 27.7 Å². The number of halogens is 3. The van der Waals surface area contributed by atoms with Crippen LogP contribution in [0.3, 0.4) is 0 Å². The molecular weight excluding hydrogens is 431 g/mol. The molecule has 0 radical (unpaired) electrons. The first-order chi connectivity index (χ1) is 15.8. The molecule has 0 bridgehead atoms. The highest BCUT2D eigenvalue weighted by atomic mass is 19.4. The third-order valence-electron chi connectivity index (χ3n) is 4.93. The Kier molecular flexibility index (Phi) is 6.08. The van der Waals surface area contributed by atoms with E-state index in [-0.39, 0.29) is 5.78 Å². The maximum Gasteiger partial charge on any atom is 0.416 e. The molecule has 0 fully saturated rings. The summed E-state index contributed by atoms with van der Waals surface area (Å²) in [5.41, 5.74) is 2.07. The highest BCUT2D eigenvalue weighted by Crippen LogP contribution is 2.30. The molecule has 33 heavy (non-hydrogen) atoms. The number of benzene rings is 2. The van der Waals surface area contributed by atoms with E-state index < -0.39 is 11.7 Å². The Balaban J connectivity index is 1.68. The monoisotopic (exact) mass is 449 g/mol. The predicted octanol–water partition coefficient (Wildman–Crippen LogP) is 5.86. The molecule has 8 heteroatoms. The lowest BCUT2D eigenvalue weighted by Gasteiger charge is -2.07. The Morgan fingerprint density at radius 3 is 2.36 bits per heavy atom. The van der Waals surface area contributed by atoms with Gasteiger partial charge in [0.25, 0.3) is 0 Å². The van der Waals surface area contributed by atoms with E-state index >= 15 is 0 Å². The Hall–Kier alpha value is -4.20. The number of hydrogen-bond donors (Lipinski definition) is 0. The van der Waals surface area contributed by atoms with E-state index in [0.29, 0.717) is 33.8 Å². The fourth-order valence-corrected chi connectivity index (χ4v) is 3.19. The van der Waals surface area contributed by atoms with Crippen molar-refractivity contribution in [2.75, 3.05) is 7.11 Å². The van der Waals surface area contributed by atoms with Crippen molar-refractivity contribution in [3.8, 4) is 22.7 Å². The van der Waals surface area contributed by atoms with Crippen molar-refractivity contribution in [3.05, 3.63) is 102 Å². The van der Waals surface area contributed by atoms with Crippen LogP contribution < -0.4 is 4.74 Å². The number of ketones is 1. The molecule has 0 unspecified atom stereocenters. The predicted molar refractivity (Wildman–Crippen MR) is 118 cm³/mol. The van der Waals surface area contributed by atoms with Gasteiger partial charge in [-0.05, 0) is 72.8 Å². The van der Waals surface area contributed by atoms with Gasteiger partial charge in [-0.2, -0.15) is 18.3 Å². The molecule has 0 N–H and O–H groups in total. The number of aromatic nitrogens is 3. The van der Waals surface area contributed by atoms with Gasteiger partial charge in [0.15, 0.2) is 5.78 Å². The highest BCUT2D eigenvalue weighted by Gasteiger charge is 2.30. The zero-order chi connectivity index (χ0) is 23.4. The average Bonchev–Trinajstić information content (AvgIpc) is 3.27. The average molecular weight is 449 g/mol. The molecule has 4 aromatic rings. The minimum absolute atomic E-state index is 0.211. The second-order valence-electron chi connectivity index (χ2n) is 7.09. The van der Waals surface area contributed by atoms with Crippen LogP contribution in [-0.2, 0) is 6.18 Å². The largest absolute Gasteiger partial charge is 0.497 e. The zero-order valence-corrected chi connectivity index (χ0v) is 17.5. The van der Waals surface area contributed by atoms with Crippen molar-refractivity contribution < 1.29 is 22.7 Å². The van der Waals surface area contributed by atoms with Crippen LogP contribution in [0.4, 0.5) is 13.2 Å². The van der Waals surface area contributed by atoms with Gasteiger partial charge in [0.05, 0.1) is 18.4 Å². The van der Waals surface area contributed by atoms with Crippen LogP contribution in [0, 0.1) is 0 Å². The summed E-state index contributed by atoms with van der Waals surface area (Å²) in [5.74, 6) is 0.435. The molecule has 4 rings (SSSR count). The number of nitrogens with zero attached hydrogens (tertiary/aromatic N) is 3. The fourth-order valence-electron chi connectivity index (χ4n) is 3.19. The first kappa shape index (κ1) is 22.0. The van der Waals surface area contributed by atoms with E-state index in [0.717, 1.165) is 12.1 Å². The number of methoxy groups -OCH3 is 1. The lowest BCUT2D eigenvalue weighted by atomic mass is 10.1. The summed E-state index contributed by atoms with van der Waals surface area (Å²) >= 11 is 0. The van der Waals surface area contributed by atoms with Gasteiger partial charge in [-0.25, -0.2) is 4.68 Å². The SMILES string of the molecule is COc1ccc(C(=O)C=Cc2cn(-c3ccc(C(F)(F)F)cc3)nc2-c2cccnc2)cc1. The Morgan fingerprint density at radius 1 is 1.03 bits per heavy atom. The molecule has 0 saturated heterocycles. The third-order valence-corrected chi connectivity index (χ3v) is 4.93. The Morgan fingerprint density at radius 2 is 1.76 bits per heavy atom. The number of ether oxygens (including phenoxy) is 1. The molecule has 2 heterocycles. The van der Waals surface area contributed by atoms with Crippen molar-refractivity contribution in [2.45, 2.75) is 6.18 Å². The first-order valence-electron chi connectivity index (χ1n) is 9.89. The molecule has 5 nitrogen and oxygen atoms in total. The van der Waals surface area contributed by atoms with Gasteiger partial charge in [0.1, 0.15) is 11.4 Å². The van der Waals surface area contributed by atoms with Crippen molar-refractivity contribution in [1.29, 1.82) is 0 Å². The molecule has 166 valence electrons. The van der Waals surface area contributed by atoms with Crippen LogP contribution in [0.5, 0.6) is 5.75 Å². The highest BCUT2D eigenvalue weighted by molar-refractivity contribution is 6.07. The van der Waals surface area contributed by atoms with Crippen LogP contribution in [0.2, 0.25) is 0 Å². The van der Waals surface area contributed by atoms with Crippen molar-refractivity contribution >= 4 is 11.9 Å². The number of alkyl halides is 3. The molecule has 0 aliphatic carbocycles.